The van der Waals surface area contributed by atoms with Crippen LogP contribution >= 0.6 is 0 Å². The summed E-state index contributed by atoms with van der Waals surface area (Å²) in [5.41, 5.74) is 5.27. The summed E-state index contributed by atoms with van der Waals surface area (Å²) in [4.78, 5) is 0. The van der Waals surface area contributed by atoms with Crippen molar-refractivity contribution in [2.75, 3.05) is 40.1 Å². The van der Waals surface area contributed by atoms with Crippen LogP contribution in [-0.2, 0) is 14.2 Å². The molecule has 0 rings (SSSR count). The number of nitrogens with two attached hydrogens (primary N) is 1. The van der Waals surface area contributed by atoms with Crippen molar-refractivity contribution in [1.29, 1.82) is 0 Å². The standard InChI is InChI=1S/C9H20N2O4/c1-13-5-6-15-8-7-14-4-2-3-9(10)11-12/h12H,2-8H2,1H3,(H2,10,11). The summed E-state index contributed by atoms with van der Waals surface area (Å²) in [6.07, 6.45) is 1.29. The topological polar surface area (TPSA) is 86.3 Å². The molecule has 0 spiro atoms. The number of rotatable bonds is 10. The molecule has 6 nitrogen and oxygen atoms in total. The SMILES string of the molecule is COCCOCCOCCCC(N)=NO. The number of nitrogens with zero attached hydrogens (tertiary/aromatic N) is 1. The molecule has 0 aliphatic rings. The third kappa shape index (κ3) is 11.1. The lowest BCUT2D eigenvalue weighted by Gasteiger charge is -2.04. The Hall–Kier alpha value is -0.850. The smallest absolute Gasteiger partial charge is 0.139 e. The Labute approximate surface area is 90.0 Å². The minimum atomic E-state index is 0.231. The van der Waals surface area contributed by atoms with E-state index in [2.05, 4.69) is 5.16 Å². The van der Waals surface area contributed by atoms with E-state index in [-0.39, 0.29) is 5.84 Å². The maximum atomic E-state index is 8.25. The Morgan fingerprint density at radius 1 is 1.13 bits per heavy atom. The zero-order valence-corrected chi connectivity index (χ0v) is 9.15. The monoisotopic (exact) mass is 220 g/mol. The van der Waals surface area contributed by atoms with Gasteiger partial charge in [-0.3, -0.25) is 0 Å². The first-order valence-electron chi connectivity index (χ1n) is 4.92. The second-order valence-electron chi connectivity index (χ2n) is 2.91. The predicted octanol–water partition coefficient (Wildman–Crippen LogP) is 0.193. The molecule has 15 heavy (non-hydrogen) atoms. The number of ether oxygens (including phenoxy) is 3. The highest BCUT2D eigenvalue weighted by Gasteiger charge is 1.94. The van der Waals surface area contributed by atoms with Crippen LogP contribution in [0, 0.1) is 0 Å². The lowest BCUT2D eigenvalue weighted by Crippen LogP contribution is -2.13. The lowest BCUT2D eigenvalue weighted by atomic mass is 10.3. The first-order chi connectivity index (χ1) is 7.31. The zero-order chi connectivity index (χ0) is 11.4. The molecule has 0 unspecified atom stereocenters. The van der Waals surface area contributed by atoms with Gasteiger partial charge >= 0.3 is 0 Å². The van der Waals surface area contributed by atoms with Crippen LogP contribution in [0.25, 0.3) is 0 Å². The highest BCUT2D eigenvalue weighted by Crippen LogP contribution is 1.90. The van der Waals surface area contributed by atoms with Crippen molar-refractivity contribution in [3.63, 3.8) is 0 Å². The van der Waals surface area contributed by atoms with E-state index >= 15 is 0 Å². The van der Waals surface area contributed by atoms with Crippen molar-refractivity contribution < 1.29 is 19.4 Å². The van der Waals surface area contributed by atoms with Crippen LogP contribution < -0.4 is 5.73 Å². The number of hydrogen-bond donors (Lipinski definition) is 2. The summed E-state index contributed by atoms with van der Waals surface area (Å²) in [5, 5.41) is 11.1. The normalized spacial score (nSPS) is 11.9. The van der Waals surface area contributed by atoms with E-state index < -0.39 is 0 Å². The summed E-state index contributed by atoms with van der Waals surface area (Å²) < 4.78 is 15.2. The van der Waals surface area contributed by atoms with Gasteiger partial charge in [-0.15, -0.1) is 0 Å². The first-order valence-corrected chi connectivity index (χ1v) is 4.92. The van der Waals surface area contributed by atoms with Gasteiger partial charge in [-0.05, 0) is 6.42 Å². The minimum Gasteiger partial charge on any atom is -0.409 e. The highest BCUT2D eigenvalue weighted by molar-refractivity contribution is 5.79. The fourth-order valence-electron chi connectivity index (χ4n) is 0.870. The van der Waals surface area contributed by atoms with E-state index in [0.717, 1.165) is 6.42 Å². The van der Waals surface area contributed by atoms with Gasteiger partial charge in [0, 0.05) is 20.1 Å². The predicted molar refractivity (Wildman–Crippen MR) is 56.2 cm³/mol. The molecule has 0 aromatic heterocycles. The van der Waals surface area contributed by atoms with E-state index in [1.807, 2.05) is 0 Å². The van der Waals surface area contributed by atoms with Gasteiger partial charge in [-0.2, -0.15) is 0 Å². The molecular formula is C9H20N2O4. The van der Waals surface area contributed by atoms with E-state index in [9.17, 15) is 0 Å². The number of methoxy groups -OCH3 is 1. The van der Waals surface area contributed by atoms with E-state index in [1.54, 1.807) is 7.11 Å². The summed E-state index contributed by atoms with van der Waals surface area (Å²) in [6.45, 7) is 2.89. The summed E-state index contributed by atoms with van der Waals surface area (Å²) in [6, 6.07) is 0. The van der Waals surface area contributed by atoms with Gasteiger partial charge in [0.1, 0.15) is 5.84 Å². The Bertz CT molecular complexity index is 164. The van der Waals surface area contributed by atoms with Crippen molar-refractivity contribution in [3.8, 4) is 0 Å². The van der Waals surface area contributed by atoms with Crippen LogP contribution in [0.5, 0.6) is 0 Å². The lowest BCUT2D eigenvalue weighted by molar-refractivity contribution is 0.0246. The summed E-state index contributed by atoms with van der Waals surface area (Å²) >= 11 is 0. The van der Waals surface area contributed by atoms with Gasteiger partial charge in [0.25, 0.3) is 0 Å². The van der Waals surface area contributed by atoms with Crippen LogP contribution in [0.1, 0.15) is 12.8 Å². The zero-order valence-electron chi connectivity index (χ0n) is 9.15. The molecule has 3 N–H and O–H groups in total. The quantitative estimate of drug-likeness (QED) is 0.180. The fraction of sp³-hybridized carbons (Fsp3) is 0.889. The van der Waals surface area contributed by atoms with Crippen LogP contribution in [0.3, 0.4) is 0 Å². The molecule has 0 bridgehead atoms. The Kier molecular flexibility index (Phi) is 10.6. The van der Waals surface area contributed by atoms with Crippen LogP contribution in [0.2, 0.25) is 0 Å². The third-order valence-electron chi connectivity index (χ3n) is 1.65. The molecule has 0 heterocycles. The molecule has 90 valence electrons. The third-order valence-corrected chi connectivity index (χ3v) is 1.65. The minimum absolute atomic E-state index is 0.231. The maximum absolute atomic E-state index is 8.25. The van der Waals surface area contributed by atoms with Crippen molar-refractivity contribution in [2.24, 2.45) is 10.9 Å². The molecular weight excluding hydrogens is 200 g/mol. The van der Waals surface area contributed by atoms with Gasteiger partial charge in [-0.25, -0.2) is 0 Å². The average Bonchev–Trinajstić information content (AvgIpc) is 2.26. The molecule has 0 radical (unpaired) electrons. The molecule has 0 amide bonds. The van der Waals surface area contributed by atoms with Crippen molar-refractivity contribution in [2.45, 2.75) is 12.8 Å². The molecule has 0 atom stereocenters. The summed E-state index contributed by atoms with van der Waals surface area (Å²) in [5.74, 6) is 0.231. The summed E-state index contributed by atoms with van der Waals surface area (Å²) in [7, 11) is 1.63. The largest absolute Gasteiger partial charge is 0.409 e. The van der Waals surface area contributed by atoms with Crippen LogP contribution in [0.4, 0.5) is 0 Å². The van der Waals surface area contributed by atoms with Crippen molar-refractivity contribution in [1.82, 2.24) is 0 Å². The number of amidine groups is 1. The Balaban J connectivity index is 2.99. The highest BCUT2D eigenvalue weighted by atomic mass is 16.5. The maximum Gasteiger partial charge on any atom is 0.139 e. The fourth-order valence-corrected chi connectivity index (χ4v) is 0.870. The van der Waals surface area contributed by atoms with Crippen molar-refractivity contribution >= 4 is 5.84 Å². The second-order valence-corrected chi connectivity index (χ2v) is 2.91. The first kappa shape index (κ1) is 14.2. The van der Waals surface area contributed by atoms with Crippen LogP contribution in [-0.4, -0.2) is 51.2 Å². The van der Waals surface area contributed by atoms with Crippen molar-refractivity contribution in [3.05, 3.63) is 0 Å². The Morgan fingerprint density at radius 2 is 1.73 bits per heavy atom. The molecule has 0 saturated heterocycles. The van der Waals surface area contributed by atoms with E-state index in [1.165, 1.54) is 0 Å². The number of hydrogen-bond acceptors (Lipinski definition) is 5. The average molecular weight is 220 g/mol. The molecule has 0 aliphatic heterocycles. The van der Waals surface area contributed by atoms with E-state index in [4.69, 9.17) is 25.2 Å². The molecule has 0 saturated carbocycles. The molecule has 0 aliphatic carbocycles. The molecule has 6 heteroatoms. The number of oxime groups is 1. The molecule has 0 aromatic carbocycles. The second kappa shape index (κ2) is 11.2. The Morgan fingerprint density at radius 3 is 2.33 bits per heavy atom. The van der Waals surface area contributed by atoms with Crippen LogP contribution in [0.15, 0.2) is 5.16 Å². The van der Waals surface area contributed by atoms with E-state index in [0.29, 0.717) is 39.5 Å². The molecule has 0 aromatic rings. The van der Waals surface area contributed by atoms with Gasteiger partial charge in [0.15, 0.2) is 0 Å². The van der Waals surface area contributed by atoms with Gasteiger partial charge in [0.2, 0.25) is 0 Å². The van der Waals surface area contributed by atoms with Gasteiger partial charge in [0.05, 0.1) is 26.4 Å². The van der Waals surface area contributed by atoms with Gasteiger partial charge < -0.3 is 25.2 Å². The molecule has 0 fully saturated rings. The van der Waals surface area contributed by atoms with Gasteiger partial charge in [-0.1, -0.05) is 5.16 Å².